The summed E-state index contributed by atoms with van der Waals surface area (Å²) in [5, 5.41) is 10.0. The third kappa shape index (κ3) is 4.61. The van der Waals surface area contributed by atoms with Crippen LogP contribution in [0.5, 0.6) is 11.5 Å². The van der Waals surface area contributed by atoms with E-state index < -0.39 is 17.6 Å². The van der Waals surface area contributed by atoms with Crippen molar-refractivity contribution in [2.45, 2.75) is 12.7 Å². The molecule has 0 spiro atoms. The van der Waals surface area contributed by atoms with Crippen LogP contribution < -0.4 is 10.1 Å². The number of hydrogen-bond donors (Lipinski definition) is 1. The maximum absolute atomic E-state index is 13.0. The molecule has 0 aliphatic carbocycles. The van der Waals surface area contributed by atoms with E-state index in [0.717, 1.165) is 16.7 Å². The van der Waals surface area contributed by atoms with Crippen LogP contribution in [0.15, 0.2) is 66.9 Å². The molecule has 0 aliphatic heterocycles. The van der Waals surface area contributed by atoms with Crippen LogP contribution in [0.25, 0.3) is 5.65 Å². The third-order valence-corrected chi connectivity index (χ3v) is 4.64. The summed E-state index contributed by atoms with van der Waals surface area (Å²) in [5.74, 6) is 0.900. The largest absolute Gasteiger partial charge is 0.457 e. The van der Waals surface area contributed by atoms with Crippen molar-refractivity contribution in [1.29, 1.82) is 0 Å². The van der Waals surface area contributed by atoms with Gasteiger partial charge in [0.05, 0.1) is 17.1 Å². The van der Waals surface area contributed by atoms with Gasteiger partial charge in [0.1, 0.15) is 11.5 Å². The van der Waals surface area contributed by atoms with Crippen LogP contribution in [0.3, 0.4) is 0 Å². The van der Waals surface area contributed by atoms with E-state index in [2.05, 4.69) is 15.5 Å². The Morgan fingerprint density at radius 1 is 1.03 bits per heavy atom. The smallest absolute Gasteiger partial charge is 0.417 e. The van der Waals surface area contributed by atoms with Gasteiger partial charge in [-0.25, -0.2) is 0 Å². The van der Waals surface area contributed by atoms with Crippen LogP contribution in [0.1, 0.15) is 21.7 Å². The van der Waals surface area contributed by atoms with Gasteiger partial charge < -0.3 is 10.1 Å². The van der Waals surface area contributed by atoms with Crippen molar-refractivity contribution >= 4 is 23.2 Å². The topological polar surface area (TPSA) is 68.5 Å². The molecule has 2 heterocycles. The van der Waals surface area contributed by atoms with Crippen molar-refractivity contribution < 1.29 is 22.7 Å². The number of ether oxygens (including phenoxy) is 1. The number of halogens is 4. The van der Waals surface area contributed by atoms with Crippen LogP contribution in [-0.4, -0.2) is 20.5 Å². The van der Waals surface area contributed by atoms with Gasteiger partial charge in [-0.2, -0.15) is 13.2 Å². The molecular formula is C21H14ClF3N4O2. The van der Waals surface area contributed by atoms with Crippen LogP contribution in [0.4, 0.5) is 13.2 Å². The van der Waals surface area contributed by atoms with E-state index in [9.17, 15) is 18.0 Å². The highest BCUT2D eigenvalue weighted by Gasteiger charge is 2.32. The van der Waals surface area contributed by atoms with Gasteiger partial charge in [-0.15, -0.1) is 10.2 Å². The summed E-state index contributed by atoms with van der Waals surface area (Å²) in [6, 6.07) is 16.4. The summed E-state index contributed by atoms with van der Waals surface area (Å²) in [5.41, 5.74) is -0.518. The monoisotopic (exact) mass is 446 g/mol. The highest BCUT2D eigenvalue weighted by molar-refractivity contribution is 6.33. The van der Waals surface area contributed by atoms with E-state index in [1.807, 2.05) is 18.2 Å². The normalized spacial score (nSPS) is 11.5. The molecule has 0 atom stereocenters. The van der Waals surface area contributed by atoms with E-state index in [-0.39, 0.29) is 23.0 Å². The number of carbonyl (C=O) groups excluding carboxylic acids is 1. The van der Waals surface area contributed by atoms with Crippen LogP contribution in [-0.2, 0) is 12.7 Å². The summed E-state index contributed by atoms with van der Waals surface area (Å²) in [7, 11) is 0. The van der Waals surface area contributed by atoms with Gasteiger partial charge in [0, 0.05) is 11.8 Å². The number of rotatable bonds is 5. The number of hydrogen-bond acceptors (Lipinski definition) is 4. The number of para-hydroxylation sites is 1. The molecule has 31 heavy (non-hydrogen) atoms. The van der Waals surface area contributed by atoms with Crippen molar-refractivity contribution in [2.75, 3.05) is 0 Å². The Hall–Kier alpha value is -3.59. The SMILES string of the molecule is O=C(NCc1nnc2c(Cl)cc(C(F)(F)F)cn12)c1ccc(Oc2ccccc2)cc1. The second kappa shape index (κ2) is 8.27. The lowest BCUT2D eigenvalue weighted by atomic mass is 10.2. The van der Waals surface area contributed by atoms with Gasteiger partial charge >= 0.3 is 6.18 Å². The van der Waals surface area contributed by atoms with Crippen molar-refractivity contribution in [2.24, 2.45) is 0 Å². The lowest BCUT2D eigenvalue weighted by molar-refractivity contribution is -0.137. The fraction of sp³-hybridized carbons (Fsp3) is 0.0952. The van der Waals surface area contributed by atoms with Crippen molar-refractivity contribution in [3.05, 3.63) is 88.8 Å². The van der Waals surface area contributed by atoms with E-state index in [4.69, 9.17) is 16.3 Å². The molecule has 1 N–H and O–H groups in total. The van der Waals surface area contributed by atoms with Crippen LogP contribution >= 0.6 is 11.6 Å². The molecular weight excluding hydrogens is 433 g/mol. The summed E-state index contributed by atoms with van der Waals surface area (Å²) >= 11 is 5.89. The third-order valence-electron chi connectivity index (χ3n) is 4.36. The first-order valence-electron chi connectivity index (χ1n) is 9.03. The lowest BCUT2D eigenvalue weighted by Gasteiger charge is -2.09. The van der Waals surface area contributed by atoms with Gasteiger partial charge in [-0.1, -0.05) is 29.8 Å². The minimum Gasteiger partial charge on any atom is -0.457 e. The number of nitrogens with zero attached hydrogens (tertiary/aromatic N) is 3. The van der Waals surface area contributed by atoms with E-state index in [0.29, 0.717) is 17.1 Å². The zero-order chi connectivity index (χ0) is 22.0. The standard InChI is InChI=1S/C21H14ClF3N4O2/c22-17-10-14(21(23,24)25)12-29-18(27-28-19(17)29)11-26-20(30)13-6-8-16(9-7-13)31-15-4-2-1-3-5-15/h1-10,12H,11H2,(H,26,30). The molecule has 0 saturated carbocycles. The first kappa shape index (κ1) is 20.7. The van der Waals surface area contributed by atoms with Crippen molar-refractivity contribution in [3.8, 4) is 11.5 Å². The molecule has 4 aromatic rings. The second-order valence-corrected chi connectivity index (χ2v) is 6.91. The zero-order valence-electron chi connectivity index (χ0n) is 15.7. The minimum absolute atomic E-state index is 0.0707. The molecule has 2 aromatic heterocycles. The molecule has 2 aromatic carbocycles. The summed E-state index contributed by atoms with van der Waals surface area (Å²) in [6.07, 6.45) is -3.73. The summed E-state index contributed by atoms with van der Waals surface area (Å²) in [6.45, 7) is -0.139. The first-order chi connectivity index (χ1) is 14.8. The van der Waals surface area contributed by atoms with Crippen LogP contribution in [0, 0.1) is 0 Å². The molecule has 6 nitrogen and oxygen atoms in total. The number of aromatic nitrogens is 3. The maximum atomic E-state index is 13.0. The molecule has 0 saturated heterocycles. The van der Waals surface area contributed by atoms with Gasteiger partial charge in [0.15, 0.2) is 11.5 Å². The lowest BCUT2D eigenvalue weighted by Crippen LogP contribution is -2.24. The Morgan fingerprint density at radius 2 is 1.71 bits per heavy atom. The van der Waals surface area contributed by atoms with E-state index in [1.165, 1.54) is 0 Å². The van der Waals surface area contributed by atoms with Gasteiger partial charge in [-0.05, 0) is 42.5 Å². The molecule has 1 amide bonds. The molecule has 0 radical (unpaired) electrons. The van der Waals surface area contributed by atoms with Crippen molar-refractivity contribution in [3.63, 3.8) is 0 Å². The quantitative estimate of drug-likeness (QED) is 0.462. The van der Waals surface area contributed by atoms with Crippen LogP contribution in [0.2, 0.25) is 5.02 Å². The number of amides is 1. The molecule has 158 valence electrons. The Kier molecular flexibility index (Phi) is 5.51. The van der Waals surface area contributed by atoms with Gasteiger partial charge in [0.2, 0.25) is 0 Å². The Bertz CT molecular complexity index is 1230. The number of fused-ring (bicyclic) bond motifs is 1. The Labute approximate surface area is 179 Å². The Balaban J connectivity index is 1.46. The molecule has 10 heteroatoms. The molecule has 0 bridgehead atoms. The summed E-state index contributed by atoms with van der Waals surface area (Å²) in [4.78, 5) is 12.4. The maximum Gasteiger partial charge on any atom is 0.417 e. The average Bonchev–Trinajstić information content (AvgIpc) is 3.16. The molecule has 0 aliphatic rings. The highest BCUT2D eigenvalue weighted by Crippen LogP contribution is 2.32. The first-order valence-corrected chi connectivity index (χ1v) is 9.40. The van der Waals surface area contributed by atoms with Crippen molar-refractivity contribution in [1.82, 2.24) is 19.9 Å². The number of alkyl halides is 3. The predicted molar refractivity (Wildman–Crippen MR) is 107 cm³/mol. The average molecular weight is 447 g/mol. The number of pyridine rings is 1. The van der Waals surface area contributed by atoms with Gasteiger partial charge in [0.25, 0.3) is 5.91 Å². The second-order valence-electron chi connectivity index (χ2n) is 6.51. The zero-order valence-corrected chi connectivity index (χ0v) is 16.5. The minimum atomic E-state index is -4.58. The predicted octanol–water partition coefficient (Wildman–Crippen LogP) is 5.12. The van der Waals surface area contributed by atoms with Gasteiger partial charge in [-0.3, -0.25) is 9.20 Å². The van der Waals surface area contributed by atoms with E-state index in [1.54, 1.807) is 36.4 Å². The summed E-state index contributed by atoms with van der Waals surface area (Å²) < 4.78 is 45.9. The molecule has 0 unspecified atom stereocenters. The molecule has 4 rings (SSSR count). The number of carbonyl (C=O) groups is 1. The fourth-order valence-electron chi connectivity index (χ4n) is 2.84. The Morgan fingerprint density at radius 3 is 2.39 bits per heavy atom. The highest BCUT2D eigenvalue weighted by atomic mass is 35.5. The fourth-order valence-corrected chi connectivity index (χ4v) is 3.08. The molecule has 0 fully saturated rings. The van der Waals surface area contributed by atoms with E-state index >= 15 is 0 Å². The number of nitrogens with one attached hydrogen (secondary N) is 1. The number of benzene rings is 2.